The molecule has 0 fully saturated rings. The zero-order valence-electron chi connectivity index (χ0n) is 11.4. The number of thioether (sulfide) groups is 1. The van der Waals surface area contributed by atoms with Crippen LogP contribution >= 0.6 is 11.8 Å². The van der Waals surface area contributed by atoms with Crippen molar-refractivity contribution in [3.8, 4) is 0 Å². The monoisotopic (exact) mass is 306 g/mol. The molecule has 0 radical (unpaired) electrons. The van der Waals surface area contributed by atoms with E-state index in [1.54, 1.807) is 22.6 Å². The molecule has 6 nitrogen and oxygen atoms in total. The third-order valence-corrected chi connectivity index (χ3v) is 4.62. The number of likely N-dealkylation sites (N-methyl/N-ethyl adjacent to an activating group) is 1. The van der Waals surface area contributed by atoms with Gasteiger partial charge in [-0.3, -0.25) is 4.68 Å². The summed E-state index contributed by atoms with van der Waals surface area (Å²) in [6, 6.07) is 0. The number of hydrogen-bond donors (Lipinski definition) is 2. The van der Waals surface area contributed by atoms with Gasteiger partial charge >= 0.3 is 0 Å². The molecule has 0 aliphatic heterocycles. The van der Waals surface area contributed by atoms with E-state index in [1.807, 2.05) is 13.2 Å². The fourth-order valence-corrected chi connectivity index (χ4v) is 2.94. The Bertz CT molecular complexity index is 459. The highest BCUT2D eigenvalue weighted by molar-refractivity contribution is 7.98. The van der Waals surface area contributed by atoms with E-state index in [4.69, 9.17) is 0 Å². The van der Waals surface area contributed by atoms with Crippen LogP contribution in [0.15, 0.2) is 17.3 Å². The quantitative estimate of drug-likeness (QED) is 0.617. The largest absolute Gasteiger partial charge is 0.315 e. The van der Waals surface area contributed by atoms with Crippen molar-refractivity contribution in [2.75, 3.05) is 31.6 Å². The van der Waals surface area contributed by atoms with Crippen molar-refractivity contribution in [3.05, 3.63) is 12.4 Å². The lowest BCUT2D eigenvalue weighted by atomic mass is 10.5. The van der Waals surface area contributed by atoms with Crippen molar-refractivity contribution in [2.24, 2.45) is 0 Å². The summed E-state index contributed by atoms with van der Waals surface area (Å²) in [5.74, 6) is 0.949. The van der Waals surface area contributed by atoms with Gasteiger partial charge in [-0.05, 0) is 25.0 Å². The van der Waals surface area contributed by atoms with Gasteiger partial charge in [0.25, 0.3) is 0 Å². The number of rotatable bonds is 10. The molecule has 1 aromatic rings. The van der Waals surface area contributed by atoms with Gasteiger partial charge in [-0.25, -0.2) is 13.1 Å². The normalized spacial score (nSPS) is 11.9. The Kier molecular flexibility index (Phi) is 7.44. The van der Waals surface area contributed by atoms with Crippen LogP contribution in [0.25, 0.3) is 0 Å². The van der Waals surface area contributed by atoms with E-state index in [0.717, 1.165) is 25.3 Å². The smallest absolute Gasteiger partial charge is 0.243 e. The lowest BCUT2D eigenvalue weighted by Gasteiger charge is -2.04. The summed E-state index contributed by atoms with van der Waals surface area (Å²) in [5.41, 5.74) is 0. The molecular formula is C11H22N4O2S2. The topological polar surface area (TPSA) is 76.0 Å². The van der Waals surface area contributed by atoms with Crippen LogP contribution in [0.2, 0.25) is 0 Å². The highest BCUT2D eigenvalue weighted by Crippen LogP contribution is 2.07. The number of nitrogens with zero attached hydrogens (tertiary/aromatic N) is 2. The van der Waals surface area contributed by atoms with Gasteiger partial charge in [0.15, 0.2) is 0 Å². The molecule has 2 N–H and O–H groups in total. The Morgan fingerprint density at radius 2 is 2.21 bits per heavy atom. The summed E-state index contributed by atoms with van der Waals surface area (Å²) in [6.07, 6.45) is 5.79. The number of aromatic nitrogens is 2. The van der Waals surface area contributed by atoms with Gasteiger partial charge in [0.05, 0.1) is 12.7 Å². The molecule has 0 aliphatic rings. The molecule has 0 spiro atoms. The van der Waals surface area contributed by atoms with E-state index >= 15 is 0 Å². The molecule has 0 atom stereocenters. The SMILES string of the molecule is CCNCCn1cc(S(=O)(=O)NCCCSC)cn1. The first-order valence-corrected chi connectivity index (χ1v) is 9.19. The van der Waals surface area contributed by atoms with Crippen LogP contribution in [0.3, 0.4) is 0 Å². The maximum absolute atomic E-state index is 12.0. The van der Waals surface area contributed by atoms with Crippen LogP contribution in [0.4, 0.5) is 0 Å². The average molecular weight is 306 g/mol. The summed E-state index contributed by atoms with van der Waals surface area (Å²) in [7, 11) is -3.41. The van der Waals surface area contributed by atoms with Gasteiger partial charge in [-0.2, -0.15) is 16.9 Å². The Labute approximate surface area is 119 Å². The molecule has 19 heavy (non-hydrogen) atoms. The fourth-order valence-electron chi connectivity index (χ4n) is 1.48. The summed E-state index contributed by atoms with van der Waals surface area (Å²) < 4.78 is 28.1. The Morgan fingerprint density at radius 1 is 1.42 bits per heavy atom. The fraction of sp³-hybridized carbons (Fsp3) is 0.727. The standard InChI is InChI=1S/C11H22N4O2S2/c1-3-12-6-7-15-10-11(9-13-15)19(16,17)14-5-4-8-18-2/h9-10,12,14H,3-8H2,1-2H3. The maximum atomic E-state index is 12.0. The van der Waals surface area contributed by atoms with Gasteiger partial charge in [0, 0.05) is 19.3 Å². The van der Waals surface area contributed by atoms with Crippen LogP contribution in [0, 0.1) is 0 Å². The highest BCUT2D eigenvalue weighted by atomic mass is 32.2. The summed E-state index contributed by atoms with van der Waals surface area (Å²) in [6.45, 7) is 4.82. The molecule has 1 heterocycles. The van der Waals surface area contributed by atoms with Crippen molar-refractivity contribution in [1.82, 2.24) is 19.8 Å². The van der Waals surface area contributed by atoms with E-state index in [1.165, 1.54) is 6.20 Å². The molecule has 0 saturated heterocycles. The average Bonchev–Trinajstić information content (AvgIpc) is 2.85. The first-order valence-electron chi connectivity index (χ1n) is 6.32. The van der Waals surface area contributed by atoms with Crippen LogP contribution in [0.5, 0.6) is 0 Å². The van der Waals surface area contributed by atoms with Gasteiger partial charge in [-0.1, -0.05) is 6.92 Å². The second-order valence-corrected chi connectivity index (χ2v) is 6.79. The van der Waals surface area contributed by atoms with Gasteiger partial charge in [0.2, 0.25) is 10.0 Å². The molecule has 0 aromatic carbocycles. The van der Waals surface area contributed by atoms with Crippen LogP contribution in [-0.2, 0) is 16.6 Å². The van der Waals surface area contributed by atoms with E-state index in [9.17, 15) is 8.42 Å². The molecule has 110 valence electrons. The minimum absolute atomic E-state index is 0.230. The van der Waals surface area contributed by atoms with Crippen molar-refractivity contribution >= 4 is 21.8 Å². The van der Waals surface area contributed by atoms with Crippen LogP contribution < -0.4 is 10.0 Å². The van der Waals surface area contributed by atoms with Gasteiger partial charge < -0.3 is 5.32 Å². The molecule has 8 heteroatoms. The minimum atomic E-state index is -3.41. The van der Waals surface area contributed by atoms with E-state index in [2.05, 4.69) is 15.1 Å². The number of sulfonamides is 1. The zero-order valence-corrected chi connectivity index (χ0v) is 13.1. The van der Waals surface area contributed by atoms with Gasteiger partial charge in [-0.15, -0.1) is 0 Å². The Balaban J connectivity index is 2.49. The molecule has 1 rings (SSSR count). The van der Waals surface area contributed by atoms with Crippen molar-refractivity contribution < 1.29 is 8.42 Å². The predicted molar refractivity (Wildman–Crippen MR) is 79.0 cm³/mol. The van der Waals surface area contributed by atoms with Crippen molar-refractivity contribution in [1.29, 1.82) is 0 Å². The highest BCUT2D eigenvalue weighted by Gasteiger charge is 2.15. The molecule has 0 saturated carbocycles. The first-order chi connectivity index (χ1) is 9.10. The molecule has 0 bridgehead atoms. The van der Waals surface area contributed by atoms with E-state index in [0.29, 0.717) is 13.1 Å². The Morgan fingerprint density at radius 3 is 2.89 bits per heavy atom. The van der Waals surface area contributed by atoms with Crippen molar-refractivity contribution in [2.45, 2.75) is 24.8 Å². The zero-order chi connectivity index (χ0) is 14.1. The first kappa shape index (κ1) is 16.5. The second kappa shape index (κ2) is 8.57. The van der Waals surface area contributed by atoms with Gasteiger partial charge in [0.1, 0.15) is 4.90 Å². The summed E-state index contributed by atoms with van der Waals surface area (Å²) in [5, 5.41) is 7.22. The van der Waals surface area contributed by atoms with E-state index in [-0.39, 0.29) is 4.90 Å². The second-order valence-electron chi connectivity index (χ2n) is 4.04. The number of hydrogen-bond acceptors (Lipinski definition) is 5. The molecule has 0 aliphatic carbocycles. The number of nitrogens with one attached hydrogen (secondary N) is 2. The van der Waals surface area contributed by atoms with Crippen LogP contribution in [0.1, 0.15) is 13.3 Å². The van der Waals surface area contributed by atoms with Crippen LogP contribution in [-0.4, -0.2) is 49.8 Å². The maximum Gasteiger partial charge on any atom is 0.243 e. The summed E-state index contributed by atoms with van der Waals surface area (Å²) >= 11 is 1.71. The van der Waals surface area contributed by atoms with Crippen molar-refractivity contribution in [3.63, 3.8) is 0 Å². The predicted octanol–water partition coefficient (Wildman–Crippen LogP) is 0.524. The Hall–Kier alpha value is -0.570. The van der Waals surface area contributed by atoms with E-state index < -0.39 is 10.0 Å². The molecule has 0 unspecified atom stereocenters. The molecule has 0 amide bonds. The summed E-state index contributed by atoms with van der Waals surface area (Å²) in [4.78, 5) is 0.230. The lowest BCUT2D eigenvalue weighted by molar-refractivity contribution is 0.562. The third-order valence-electron chi connectivity index (χ3n) is 2.50. The molecule has 1 aromatic heterocycles. The lowest BCUT2D eigenvalue weighted by Crippen LogP contribution is -2.25. The molecular weight excluding hydrogens is 284 g/mol. The third kappa shape index (κ3) is 5.94. The minimum Gasteiger partial charge on any atom is -0.315 e.